The molecular weight excluding hydrogens is 245 g/mol. The number of pyridine rings is 1. The minimum absolute atomic E-state index is 0.0505. The summed E-state index contributed by atoms with van der Waals surface area (Å²) in [5, 5.41) is 0. The van der Waals surface area contributed by atoms with Crippen LogP contribution >= 0.6 is 0 Å². The number of hydrogen-bond acceptors (Lipinski definition) is 3. The van der Waals surface area contributed by atoms with Gasteiger partial charge in [-0.15, -0.1) is 0 Å². The summed E-state index contributed by atoms with van der Waals surface area (Å²) in [7, 11) is 0. The lowest BCUT2D eigenvalue weighted by Crippen LogP contribution is -2.21. The highest BCUT2D eigenvalue weighted by molar-refractivity contribution is 5.20. The van der Waals surface area contributed by atoms with Gasteiger partial charge < -0.3 is 10.5 Å². The Morgan fingerprint density at radius 2 is 2.11 bits per heavy atom. The largest absolute Gasteiger partial charge is 0.492 e. The van der Waals surface area contributed by atoms with E-state index in [9.17, 15) is 13.2 Å². The van der Waals surface area contributed by atoms with Gasteiger partial charge in [-0.3, -0.25) is 4.98 Å². The predicted octanol–water partition coefficient (Wildman–Crippen LogP) is 2.69. The fourth-order valence-electron chi connectivity index (χ4n) is 1.31. The summed E-state index contributed by atoms with van der Waals surface area (Å²) < 4.78 is 40.6. The lowest BCUT2D eigenvalue weighted by molar-refractivity contribution is -0.139. The first-order valence-corrected chi connectivity index (χ1v) is 5.80. The fraction of sp³-hybridized carbons (Fsp3) is 0.583. The molecule has 6 heteroatoms. The molecule has 1 atom stereocenters. The maximum atomic E-state index is 11.9. The molecule has 0 saturated carbocycles. The lowest BCUT2D eigenvalue weighted by atomic mass is 10.1. The van der Waals surface area contributed by atoms with E-state index in [1.807, 2.05) is 6.92 Å². The van der Waals surface area contributed by atoms with Gasteiger partial charge in [0.25, 0.3) is 0 Å². The number of nitrogens with zero attached hydrogens (tertiary/aromatic N) is 1. The van der Waals surface area contributed by atoms with E-state index in [1.165, 1.54) is 6.20 Å². The minimum Gasteiger partial charge on any atom is -0.492 e. The molecule has 0 saturated heterocycles. The van der Waals surface area contributed by atoms with Gasteiger partial charge in [0.05, 0.1) is 19.2 Å². The first-order chi connectivity index (χ1) is 8.40. The number of alkyl halides is 3. The molecule has 0 aliphatic heterocycles. The van der Waals surface area contributed by atoms with Crippen molar-refractivity contribution >= 4 is 0 Å². The SMILES string of the molecule is CCC(N)Cc1ccc(OCCC(F)(F)F)cn1. The Kier molecular flexibility index (Phi) is 5.40. The van der Waals surface area contributed by atoms with E-state index >= 15 is 0 Å². The predicted molar refractivity (Wildman–Crippen MR) is 62.4 cm³/mol. The third-order valence-electron chi connectivity index (χ3n) is 2.45. The van der Waals surface area contributed by atoms with E-state index in [0.717, 1.165) is 12.1 Å². The molecule has 0 aliphatic carbocycles. The van der Waals surface area contributed by atoms with Crippen LogP contribution in [-0.4, -0.2) is 23.8 Å². The molecule has 18 heavy (non-hydrogen) atoms. The Bertz CT molecular complexity index is 351. The van der Waals surface area contributed by atoms with E-state index in [-0.39, 0.29) is 12.6 Å². The highest BCUT2D eigenvalue weighted by Gasteiger charge is 2.26. The van der Waals surface area contributed by atoms with Crippen LogP contribution in [0.2, 0.25) is 0 Å². The van der Waals surface area contributed by atoms with Crippen molar-refractivity contribution in [1.29, 1.82) is 0 Å². The van der Waals surface area contributed by atoms with Gasteiger partial charge in [-0.1, -0.05) is 6.92 Å². The molecule has 3 nitrogen and oxygen atoms in total. The second kappa shape index (κ2) is 6.58. The zero-order valence-electron chi connectivity index (χ0n) is 10.2. The molecule has 0 spiro atoms. The Morgan fingerprint density at radius 1 is 1.39 bits per heavy atom. The zero-order chi connectivity index (χ0) is 13.6. The van der Waals surface area contributed by atoms with Crippen LogP contribution < -0.4 is 10.5 Å². The van der Waals surface area contributed by atoms with Crippen molar-refractivity contribution < 1.29 is 17.9 Å². The van der Waals surface area contributed by atoms with Crippen molar-refractivity contribution in [3.63, 3.8) is 0 Å². The molecule has 1 aromatic rings. The molecule has 1 heterocycles. The molecule has 2 N–H and O–H groups in total. The van der Waals surface area contributed by atoms with Gasteiger partial charge in [0, 0.05) is 18.2 Å². The van der Waals surface area contributed by atoms with Crippen LogP contribution in [0.15, 0.2) is 18.3 Å². The summed E-state index contributed by atoms with van der Waals surface area (Å²) in [6.07, 6.45) is -2.23. The zero-order valence-corrected chi connectivity index (χ0v) is 10.2. The van der Waals surface area contributed by atoms with Gasteiger partial charge in [-0.2, -0.15) is 13.2 Å². The average molecular weight is 262 g/mol. The standard InChI is InChI=1S/C12H17F3N2O/c1-2-9(16)7-10-3-4-11(8-17-10)18-6-5-12(13,14)15/h3-4,8-9H,2,5-7,16H2,1H3. The monoisotopic (exact) mass is 262 g/mol. The lowest BCUT2D eigenvalue weighted by Gasteiger charge is -2.10. The van der Waals surface area contributed by atoms with E-state index < -0.39 is 12.6 Å². The van der Waals surface area contributed by atoms with Crippen LogP contribution in [-0.2, 0) is 6.42 Å². The number of ether oxygens (including phenoxy) is 1. The van der Waals surface area contributed by atoms with Gasteiger partial charge in [-0.05, 0) is 18.6 Å². The van der Waals surface area contributed by atoms with Crippen LogP contribution in [0, 0.1) is 0 Å². The molecule has 0 amide bonds. The van der Waals surface area contributed by atoms with Gasteiger partial charge in [0.1, 0.15) is 5.75 Å². The van der Waals surface area contributed by atoms with Crippen LogP contribution in [0.4, 0.5) is 13.2 Å². The van der Waals surface area contributed by atoms with Gasteiger partial charge >= 0.3 is 6.18 Å². The van der Waals surface area contributed by atoms with Gasteiger partial charge in [-0.25, -0.2) is 0 Å². The van der Waals surface area contributed by atoms with Crippen molar-refractivity contribution in [2.24, 2.45) is 5.73 Å². The number of hydrogen-bond donors (Lipinski definition) is 1. The summed E-state index contributed by atoms with van der Waals surface area (Å²) in [6, 6.07) is 3.38. The van der Waals surface area contributed by atoms with Gasteiger partial charge in [0.2, 0.25) is 0 Å². The molecule has 0 radical (unpaired) electrons. The Hall–Kier alpha value is -1.30. The maximum Gasteiger partial charge on any atom is 0.392 e. The molecule has 0 aromatic carbocycles. The molecule has 0 aliphatic rings. The summed E-state index contributed by atoms with van der Waals surface area (Å²) in [5.74, 6) is 0.341. The van der Waals surface area contributed by atoms with Crippen molar-refractivity contribution in [2.75, 3.05) is 6.61 Å². The van der Waals surface area contributed by atoms with E-state index in [1.54, 1.807) is 12.1 Å². The maximum absolute atomic E-state index is 11.9. The highest BCUT2D eigenvalue weighted by Crippen LogP contribution is 2.20. The molecule has 1 aromatic heterocycles. The summed E-state index contributed by atoms with van der Waals surface area (Å²) in [6.45, 7) is 1.60. The number of nitrogens with two attached hydrogens (primary N) is 1. The molecule has 1 unspecified atom stereocenters. The van der Waals surface area contributed by atoms with Gasteiger partial charge in [0.15, 0.2) is 0 Å². The van der Waals surface area contributed by atoms with Crippen LogP contribution in [0.5, 0.6) is 5.75 Å². The van der Waals surface area contributed by atoms with Crippen LogP contribution in [0.3, 0.4) is 0 Å². The Labute approximate surface area is 104 Å². The molecular formula is C12H17F3N2O. The molecule has 0 fully saturated rings. The average Bonchev–Trinajstić information content (AvgIpc) is 2.29. The Balaban J connectivity index is 2.41. The quantitative estimate of drug-likeness (QED) is 0.857. The Morgan fingerprint density at radius 3 is 2.61 bits per heavy atom. The van der Waals surface area contributed by atoms with Crippen molar-refractivity contribution in [3.8, 4) is 5.75 Å². The summed E-state index contributed by atoms with van der Waals surface area (Å²) in [5.41, 5.74) is 6.59. The van der Waals surface area contributed by atoms with E-state index in [4.69, 9.17) is 10.5 Å². The van der Waals surface area contributed by atoms with E-state index in [0.29, 0.717) is 12.2 Å². The summed E-state index contributed by atoms with van der Waals surface area (Å²) >= 11 is 0. The number of aromatic nitrogens is 1. The smallest absolute Gasteiger partial charge is 0.392 e. The van der Waals surface area contributed by atoms with Crippen molar-refractivity contribution in [3.05, 3.63) is 24.0 Å². The second-order valence-electron chi connectivity index (χ2n) is 4.07. The molecule has 102 valence electrons. The fourth-order valence-corrected chi connectivity index (χ4v) is 1.31. The number of halogens is 3. The normalized spacial score (nSPS) is 13.4. The topological polar surface area (TPSA) is 48.1 Å². The van der Waals surface area contributed by atoms with E-state index in [2.05, 4.69) is 4.98 Å². The minimum atomic E-state index is -4.19. The molecule has 1 rings (SSSR count). The van der Waals surface area contributed by atoms with Crippen molar-refractivity contribution in [1.82, 2.24) is 4.98 Å². The van der Waals surface area contributed by atoms with Crippen molar-refractivity contribution in [2.45, 2.75) is 38.4 Å². The van der Waals surface area contributed by atoms with Crippen LogP contribution in [0.1, 0.15) is 25.5 Å². The molecule has 0 bridgehead atoms. The summed E-state index contributed by atoms with van der Waals surface area (Å²) in [4.78, 5) is 4.10. The third-order valence-corrected chi connectivity index (χ3v) is 2.45. The first kappa shape index (κ1) is 14.8. The van der Waals surface area contributed by atoms with Crippen LogP contribution in [0.25, 0.3) is 0 Å². The second-order valence-corrected chi connectivity index (χ2v) is 4.07. The number of rotatable bonds is 6. The highest BCUT2D eigenvalue weighted by atomic mass is 19.4. The first-order valence-electron chi connectivity index (χ1n) is 5.80. The third kappa shape index (κ3) is 5.86.